The fraction of sp³-hybridized carbons (Fsp3) is 0.188. The number of rotatable bonds is 6. The topological polar surface area (TPSA) is 49.4 Å². The van der Waals surface area contributed by atoms with Gasteiger partial charge in [-0.1, -0.05) is 77.5 Å². The van der Waals surface area contributed by atoms with E-state index in [4.69, 9.17) is 0 Å². The van der Waals surface area contributed by atoms with E-state index in [1.54, 1.807) is 11.8 Å². The number of benzene rings is 4. The lowest BCUT2D eigenvalue weighted by Crippen LogP contribution is -2.31. The Labute approximate surface area is 222 Å². The van der Waals surface area contributed by atoms with Gasteiger partial charge in [-0.15, -0.1) is 0 Å². The van der Waals surface area contributed by atoms with Crippen molar-refractivity contribution in [3.05, 3.63) is 124 Å². The van der Waals surface area contributed by atoms with Crippen molar-refractivity contribution in [2.45, 2.75) is 43.5 Å². The Morgan fingerprint density at radius 1 is 0.838 bits per heavy atom. The van der Waals surface area contributed by atoms with Crippen molar-refractivity contribution in [2.24, 2.45) is 0 Å². The molecule has 4 aromatic carbocycles. The summed E-state index contributed by atoms with van der Waals surface area (Å²) in [6, 6.07) is 28.0. The Hall–Kier alpha value is -3.83. The summed E-state index contributed by atoms with van der Waals surface area (Å²) in [5.74, 6) is -0.194. The van der Waals surface area contributed by atoms with Gasteiger partial charge in [0.2, 0.25) is 0 Å². The minimum absolute atomic E-state index is 0.0558. The summed E-state index contributed by atoms with van der Waals surface area (Å²) in [6.07, 6.45) is 0.763. The molecule has 0 atom stereocenters. The Balaban J connectivity index is 1.45. The lowest BCUT2D eigenvalue weighted by atomic mass is 10.0. The van der Waals surface area contributed by atoms with Crippen LogP contribution in [0.2, 0.25) is 0 Å². The largest absolute Gasteiger partial charge is 0.352 e. The first-order chi connectivity index (χ1) is 17.9. The number of fused-ring (bicyclic) bond motifs is 2. The molecule has 0 fully saturated rings. The third-order valence-electron chi connectivity index (χ3n) is 6.75. The average molecular weight is 507 g/mol. The molecular weight excluding hydrogens is 476 g/mol. The highest BCUT2D eigenvalue weighted by Crippen LogP contribution is 2.42. The Morgan fingerprint density at radius 3 is 2.41 bits per heavy atom. The number of nitrogens with zero attached hydrogens (tertiary/aromatic N) is 1. The predicted molar refractivity (Wildman–Crippen MR) is 151 cm³/mol. The van der Waals surface area contributed by atoms with Gasteiger partial charge in [-0.2, -0.15) is 0 Å². The van der Waals surface area contributed by atoms with Crippen LogP contribution in [0.4, 0.5) is 5.69 Å². The van der Waals surface area contributed by atoms with Gasteiger partial charge in [0.05, 0.1) is 17.8 Å². The molecule has 5 rings (SSSR count). The number of amides is 2. The van der Waals surface area contributed by atoms with Crippen molar-refractivity contribution >= 4 is 29.3 Å². The number of carbonyl (C=O) groups is 2. The lowest BCUT2D eigenvalue weighted by Gasteiger charge is -2.25. The van der Waals surface area contributed by atoms with Gasteiger partial charge < -0.3 is 10.2 Å². The van der Waals surface area contributed by atoms with E-state index in [1.165, 1.54) is 11.1 Å². The van der Waals surface area contributed by atoms with Crippen molar-refractivity contribution in [1.82, 2.24) is 5.32 Å². The number of aryl methyl sites for hydroxylation is 3. The average Bonchev–Trinajstić information content (AvgIpc) is 3.01. The highest BCUT2D eigenvalue weighted by Gasteiger charge is 2.28. The molecule has 186 valence electrons. The van der Waals surface area contributed by atoms with Crippen LogP contribution in [0.15, 0.2) is 94.7 Å². The van der Waals surface area contributed by atoms with E-state index in [0.717, 1.165) is 38.6 Å². The first kappa shape index (κ1) is 24.8. The minimum Gasteiger partial charge on any atom is -0.352 e. The van der Waals surface area contributed by atoms with E-state index in [2.05, 4.69) is 68.6 Å². The maximum absolute atomic E-state index is 13.8. The highest BCUT2D eigenvalue weighted by atomic mass is 32.2. The van der Waals surface area contributed by atoms with E-state index in [0.29, 0.717) is 24.2 Å². The van der Waals surface area contributed by atoms with Crippen molar-refractivity contribution in [3.8, 4) is 0 Å². The molecule has 5 heteroatoms. The van der Waals surface area contributed by atoms with Gasteiger partial charge in [0.25, 0.3) is 11.8 Å². The molecule has 0 saturated carbocycles. The van der Waals surface area contributed by atoms with Crippen LogP contribution in [0, 0.1) is 20.8 Å². The van der Waals surface area contributed by atoms with Crippen LogP contribution in [0.1, 0.15) is 48.5 Å². The molecule has 0 saturated heterocycles. The van der Waals surface area contributed by atoms with Crippen LogP contribution in [-0.2, 0) is 13.0 Å². The van der Waals surface area contributed by atoms with Crippen LogP contribution >= 0.6 is 11.8 Å². The Kier molecular flexibility index (Phi) is 7.15. The summed E-state index contributed by atoms with van der Waals surface area (Å²) in [6.45, 7) is 7.18. The van der Waals surface area contributed by atoms with Gasteiger partial charge in [0, 0.05) is 21.9 Å². The molecular formula is C32H30N2O2S. The van der Waals surface area contributed by atoms with Crippen LogP contribution in [0.5, 0.6) is 0 Å². The van der Waals surface area contributed by atoms with Gasteiger partial charge in [-0.3, -0.25) is 9.59 Å². The van der Waals surface area contributed by atoms with E-state index in [1.807, 2.05) is 47.4 Å². The van der Waals surface area contributed by atoms with Gasteiger partial charge >= 0.3 is 0 Å². The zero-order valence-corrected chi connectivity index (χ0v) is 22.2. The molecule has 4 aromatic rings. The van der Waals surface area contributed by atoms with Crippen molar-refractivity contribution < 1.29 is 9.59 Å². The van der Waals surface area contributed by atoms with Gasteiger partial charge in [-0.25, -0.2) is 0 Å². The third kappa shape index (κ3) is 5.47. The summed E-state index contributed by atoms with van der Waals surface area (Å²) in [4.78, 5) is 30.6. The van der Waals surface area contributed by atoms with E-state index < -0.39 is 0 Å². The molecule has 0 bridgehead atoms. The fourth-order valence-electron chi connectivity index (χ4n) is 4.54. The molecule has 0 aliphatic carbocycles. The normalized spacial score (nSPS) is 12.5. The smallest absolute Gasteiger partial charge is 0.259 e. The molecule has 4 nitrogen and oxygen atoms in total. The molecule has 1 aliphatic rings. The lowest BCUT2D eigenvalue weighted by molar-refractivity contribution is 0.0950. The van der Waals surface area contributed by atoms with Crippen molar-refractivity contribution in [2.75, 3.05) is 11.4 Å². The maximum atomic E-state index is 13.8. The van der Waals surface area contributed by atoms with E-state index in [9.17, 15) is 9.59 Å². The second kappa shape index (κ2) is 10.7. The van der Waals surface area contributed by atoms with E-state index in [-0.39, 0.29) is 11.8 Å². The molecule has 0 radical (unpaired) electrons. The van der Waals surface area contributed by atoms with Crippen molar-refractivity contribution in [3.63, 3.8) is 0 Å². The fourth-order valence-corrected chi connectivity index (χ4v) is 5.60. The summed E-state index contributed by atoms with van der Waals surface area (Å²) in [5.41, 5.74) is 7.78. The maximum Gasteiger partial charge on any atom is 0.259 e. The molecule has 0 unspecified atom stereocenters. The second-order valence-corrected chi connectivity index (χ2v) is 10.7. The Morgan fingerprint density at radius 2 is 1.59 bits per heavy atom. The molecule has 2 amide bonds. The van der Waals surface area contributed by atoms with Crippen LogP contribution in [0.25, 0.3) is 0 Å². The number of carbonyl (C=O) groups excluding carboxylic acids is 2. The quantitative estimate of drug-likeness (QED) is 0.310. The number of anilines is 1. The standard InChI is InChI=1S/C32H30N2O2S/c1-21-9-12-24(13-10-21)16-17-33-31(35)25-14-15-30-28(19-25)34(20-26-18-22(2)8-11-23(26)3)32(36)27-6-4-5-7-29(27)37-30/h4-15,18-19H,16-17,20H2,1-3H3,(H,33,35). The molecule has 1 heterocycles. The molecule has 1 aliphatic heterocycles. The number of hydrogen-bond acceptors (Lipinski definition) is 3. The summed E-state index contributed by atoms with van der Waals surface area (Å²) < 4.78 is 0. The first-order valence-electron chi connectivity index (χ1n) is 12.5. The summed E-state index contributed by atoms with van der Waals surface area (Å²) in [7, 11) is 0. The summed E-state index contributed by atoms with van der Waals surface area (Å²) >= 11 is 1.57. The molecule has 0 spiro atoms. The van der Waals surface area contributed by atoms with Crippen molar-refractivity contribution in [1.29, 1.82) is 0 Å². The van der Waals surface area contributed by atoms with Crippen LogP contribution < -0.4 is 10.2 Å². The second-order valence-electron chi connectivity index (χ2n) is 9.59. The molecule has 37 heavy (non-hydrogen) atoms. The monoisotopic (exact) mass is 506 g/mol. The van der Waals surface area contributed by atoms with Crippen LogP contribution in [0.3, 0.4) is 0 Å². The van der Waals surface area contributed by atoms with E-state index >= 15 is 0 Å². The number of nitrogens with one attached hydrogen (secondary N) is 1. The van der Waals surface area contributed by atoms with Crippen LogP contribution in [-0.4, -0.2) is 18.4 Å². The highest BCUT2D eigenvalue weighted by molar-refractivity contribution is 7.99. The number of hydrogen-bond donors (Lipinski definition) is 1. The zero-order valence-electron chi connectivity index (χ0n) is 21.4. The van der Waals surface area contributed by atoms with Gasteiger partial charge in [0.1, 0.15) is 0 Å². The zero-order chi connectivity index (χ0) is 25.9. The predicted octanol–water partition coefficient (Wildman–Crippen LogP) is 6.90. The Bertz CT molecular complexity index is 1480. The van der Waals surface area contributed by atoms with Gasteiger partial charge in [-0.05, 0) is 74.2 Å². The third-order valence-corrected chi connectivity index (χ3v) is 7.89. The SMILES string of the molecule is Cc1ccc(CCNC(=O)c2ccc3c(c2)N(Cc2cc(C)ccc2C)C(=O)c2ccccc2S3)cc1. The minimum atomic E-state index is -0.138. The van der Waals surface area contributed by atoms with Gasteiger partial charge in [0.15, 0.2) is 0 Å². The molecule has 1 N–H and O–H groups in total. The summed E-state index contributed by atoms with van der Waals surface area (Å²) in [5, 5.41) is 3.04. The molecule has 0 aromatic heterocycles. The first-order valence-corrected chi connectivity index (χ1v) is 13.3.